The third-order valence-electron chi connectivity index (χ3n) is 4.50. The first-order valence-corrected chi connectivity index (χ1v) is 10.4. The molecule has 1 atom stereocenters. The van der Waals surface area contributed by atoms with Crippen LogP contribution in [-0.4, -0.2) is 23.6 Å². The number of aryl methyl sites for hydroxylation is 1. The van der Waals surface area contributed by atoms with Crippen LogP contribution in [0.5, 0.6) is 0 Å². The molecule has 0 radical (unpaired) electrons. The number of amides is 1. The maximum atomic E-state index is 12.4. The molecule has 0 saturated heterocycles. The topological polar surface area (TPSA) is 79.5 Å². The molecule has 1 aliphatic rings. The summed E-state index contributed by atoms with van der Waals surface area (Å²) in [5, 5.41) is 3.22. The Labute approximate surface area is 173 Å². The van der Waals surface area contributed by atoms with Crippen LogP contribution < -0.4 is 16.2 Å². The quantitative estimate of drug-likeness (QED) is 0.400. The Bertz CT molecular complexity index is 877. The average Bonchev–Trinajstić information content (AvgIpc) is 3.10. The van der Waals surface area contributed by atoms with Gasteiger partial charge in [0.05, 0.1) is 17.0 Å². The number of nitrogens with one attached hydrogen (secondary N) is 3. The molecule has 148 valence electrons. The van der Waals surface area contributed by atoms with Crippen molar-refractivity contribution in [1.82, 2.24) is 10.9 Å². The highest BCUT2D eigenvalue weighted by molar-refractivity contribution is 7.80. The van der Waals surface area contributed by atoms with Gasteiger partial charge in [-0.1, -0.05) is 6.92 Å². The second-order valence-corrected chi connectivity index (χ2v) is 8.28. The first kappa shape index (κ1) is 20.3. The standard InChI is InChI=1S/C20H23N3O3S2/c1-3-26-19(25)13-5-7-15(8-6-13)21-20(27)23-22-18(24)17-11-14-10-12(2)4-9-16(14)28-17/h5-8,11-12H,3-4,9-10H2,1-2H3,(H,22,24)(H2,21,23,27). The molecule has 0 fully saturated rings. The molecule has 1 aromatic heterocycles. The SMILES string of the molecule is CCOC(=O)c1ccc(NC(=S)NNC(=O)c2cc3c(s2)CCC(C)C3)cc1. The number of esters is 1. The summed E-state index contributed by atoms with van der Waals surface area (Å²) >= 11 is 6.76. The number of carbonyl (C=O) groups excluding carboxylic acids is 2. The van der Waals surface area contributed by atoms with Gasteiger partial charge in [-0.2, -0.15) is 0 Å². The molecular weight excluding hydrogens is 394 g/mol. The molecule has 28 heavy (non-hydrogen) atoms. The summed E-state index contributed by atoms with van der Waals surface area (Å²) in [7, 11) is 0. The minimum Gasteiger partial charge on any atom is -0.462 e. The fourth-order valence-electron chi connectivity index (χ4n) is 3.06. The Morgan fingerprint density at radius 1 is 1.25 bits per heavy atom. The van der Waals surface area contributed by atoms with E-state index in [0.717, 1.165) is 12.8 Å². The molecule has 0 aliphatic heterocycles. The van der Waals surface area contributed by atoms with Crippen LogP contribution in [0.15, 0.2) is 30.3 Å². The van der Waals surface area contributed by atoms with E-state index in [1.165, 1.54) is 16.9 Å². The number of fused-ring (bicyclic) bond motifs is 1. The van der Waals surface area contributed by atoms with Gasteiger partial charge in [-0.05, 0) is 80.2 Å². The number of hydrazine groups is 1. The van der Waals surface area contributed by atoms with E-state index in [4.69, 9.17) is 17.0 Å². The number of benzene rings is 1. The summed E-state index contributed by atoms with van der Waals surface area (Å²) < 4.78 is 4.95. The lowest BCUT2D eigenvalue weighted by atomic mass is 9.90. The number of thiophene rings is 1. The van der Waals surface area contributed by atoms with Gasteiger partial charge in [0.25, 0.3) is 5.91 Å². The Kier molecular flexibility index (Phi) is 6.64. The van der Waals surface area contributed by atoms with Crippen molar-refractivity contribution < 1.29 is 14.3 Å². The maximum absolute atomic E-state index is 12.4. The number of ether oxygens (including phenoxy) is 1. The fraction of sp³-hybridized carbons (Fsp3) is 0.350. The average molecular weight is 418 g/mol. The maximum Gasteiger partial charge on any atom is 0.338 e. The molecule has 0 saturated carbocycles. The van der Waals surface area contributed by atoms with Crippen molar-refractivity contribution in [3.8, 4) is 0 Å². The summed E-state index contributed by atoms with van der Waals surface area (Å²) in [5.74, 6) is 0.104. The van der Waals surface area contributed by atoms with Crippen molar-refractivity contribution in [3.63, 3.8) is 0 Å². The largest absolute Gasteiger partial charge is 0.462 e. The van der Waals surface area contributed by atoms with E-state index >= 15 is 0 Å². The van der Waals surface area contributed by atoms with Crippen LogP contribution in [0.25, 0.3) is 0 Å². The predicted molar refractivity (Wildman–Crippen MR) is 115 cm³/mol. The highest BCUT2D eigenvalue weighted by Gasteiger charge is 2.20. The summed E-state index contributed by atoms with van der Waals surface area (Å²) in [6.07, 6.45) is 3.26. The number of carbonyl (C=O) groups is 2. The van der Waals surface area contributed by atoms with E-state index in [1.54, 1.807) is 42.5 Å². The van der Waals surface area contributed by atoms with Gasteiger partial charge in [-0.3, -0.25) is 15.6 Å². The smallest absolute Gasteiger partial charge is 0.338 e. The van der Waals surface area contributed by atoms with Crippen molar-refractivity contribution in [2.75, 3.05) is 11.9 Å². The molecule has 0 spiro atoms. The predicted octanol–water partition coefficient (Wildman–Crippen LogP) is 3.68. The van der Waals surface area contributed by atoms with Gasteiger partial charge in [0.15, 0.2) is 5.11 Å². The van der Waals surface area contributed by atoms with Crippen molar-refractivity contribution in [1.29, 1.82) is 0 Å². The van der Waals surface area contributed by atoms with Crippen molar-refractivity contribution in [3.05, 3.63) is 51.2 Å². The number of rotatable bonds is 4. The highest BCUT2D eigenvalue weighted by atomic mass is 32.1. The lowest BCUT2D eigenvalue weighted by molar-refractivity contribution is 0.0526. The molecule has 1 aromatic carbocycles. The Hall–Kier alpha value is -2.45. The van der Waals surface area contributed by atoms with E-state index in [1.807, 2.05) is 6.07 Å². The molecule has 1 heterocycles. The van der Waals surface area contributed by atoms with Crippen LogP contribution in [0.2, 0.25) is 0 Å². The van der Waals surface area contributed by atoms with Gasteiger partial charge >= 0.3 is 5.97 Å². The third kappa shape index (κ3) is 5.08. The minimum atomic E-state index is -0.366. The minimum absolute atomic E-state index is 0.200. The van der Waals surface area contributed by atoms with E-state index < -0.39 is 0 Å². The fourth-order valence-corrected chi connectivity index (χ4v) is 4.33. The Morgan fingerprint density at radius 2 is 2.00 bits per heavy atom. The third-order valence-corrected chi connectivity index (χ3v) is 5.94. The van der Waals surface area contributed by atoms with E-state index in [2.05, 4.69) is 23.1 Å². The molecule has 0 bridgehead atoms. The second-order valence-electron chi connectivity index (χ2n) is 6.74. The number of hydrogen-bond acceptors (Lipinski definition) is 5. The van der Waals surface area contributed by atoms with Gasteiger partial charge in [0.2, 0.25) is 0 Å². The van der Waals surface area contributed by atoms with Crippen molar-refractivity contribution in [2.45, 2.75) is 33.1 Å². The normalized spacial score (nSPS) is 15.3. The van der Waals surface area contributed by atoms with E-state index in [9.17, 15) is 9.59 Å². The van der Waals surface area contributed by atoms with Crippen LogP contribution in [0.3, 0.4) is 0 Å². The summed E-state index contributed by atoms with van der Waals surface area (Å²) in [6.45, 7) is 4.34. The summed E-state index contributed by atoms with van der Waals surface area (Å²) in [6, 6.07) is 8.72. The number of anilines is 1. The molecule has 1 aliphatic carbocycles. The second kappa shape index (κ2) is 9.16. The molecule has 8 heteroatoms. The van der Waals surface area contributed by atoms with Gasteiger partial charge in [-0.15, -0.1) is 11.3 Å². The van der Waals surface area contributed by atoms with Gasteiger partial charge in [-0.25, -0.2) is 4.79 Å². The molecule has 1 amide bonds. The van der Waals surface area contributed by atoms with Crippen LogP contribution >= 0.6 is 23.6 Å². The summed E-state index contributed by atoms with van der Waals surface area (Å²) in [4.78, 5) is 26.0. The highest BCUT2D eigenvalue weighted by Crippen LogP contribution is 2.32. The lowest BCUT2D eigenvalue weighted by Gasteiger charge is -2.16. The van der Waals surface area contributed by atoms with Crippen LogP contribution in [0, 0.1) is 5.92 Å². The zero-order valence-corrected chi connectivity index (χ0v) is 17.5. The van der Waals surface area contributed by atoms with Crippen LogP contribution in [0.1, 0.15) is 50.7 Å². The van der Waals surface area contributed by atoms with Gasteiger partial charge in [0.1, 0.15) is 0 Å². The zero-order chi connectivity index (χ0) is 20.1. The lowest BCUT2D eigenvalue weighted by Crippen LogP contribution is -2.43. The molecule has 2 aromatic rings. The monoisotopic (exact) mass is 417 g/mol. The van der Waals surface area contributed by atoms with Crippen molar-refractivity contribution >= 4 is 46.2 Å². The molecule has 3 N–H and O–H groups in total. The molecule has 6 nitrogen and oxygen atoms in total. The molecule has 1 unspecified atom stereocenters. The first-order valence-electron chi connectivity index (χ1n) is 9.22. The van der Waals surface area contributed by atoms with Gasteiger partial charge in [0, 0.05) is 10.6 Å². The van der Waals surface area contributed by atoms with E-state index in [0.29, 0.717) is 28.7 Å². The number of thiocarbonyl (C=S) groups is 1. The number of hydrogen-bond donors (Lipinski definition) is 3. The Morgan fingerprint density at radius 3 is 2.71 bits per heavy atom. The zero-order valence-electron chi connectivity index (χ0n) is 15.8. The van der Waals surface area contributed by atoms with Crippen molar-refractivity contribution in [2.24, 2.45) is 5.92 Å². The van der Waals surface area contributed by atoms with Crippen LogP contribution in [-0.2, 0) is 17.6 Å². The van der Waals surface area contributed by atoms with Crippen LogP contribution in [0.4, 0.5) is 5.69 Å². The summed E-state index contributed by atoms with van der Waals surface area (Å²) in [5.41, 5.74) is 7.79. The molecular formula is C20H23N3O3S2. The molecule has 3 rings (SSSR count). The van der Waals surface area contributed by atoms with Gasteiger partial charge < -0.3 is 10.1 Å². The van der Waals surface area contributed by atoms with E-state index in [-0.39, 0.29) is 17.0 Å². The first-order chi connectivity index (χ1) is 13.5. The Balaban J connectivity index is 1.50.